The highest BCUT2D eigenvalue weighted by molar-refractivity contribution is 5.35. The van der Waals surface area contributed by atoms with Crippen LogP contribution in [0.3, 0.4) is 0 Å². The first kappa shape index (κ1) is 13.6. The normalized spacial score (nSPS) is 12.2. The van der Waals surface area contributed by atoms with Crippen molar-refractivity contribution >= 4 is 0 Å². The molecule has 0 spiro atoms. The van der Waals surface area contributed by atoms with E-state index in [1.165, 1.54) is 0 Å². The molecule has 0 amide bonds. The van der Waals surface area contributed by atoms with E-state index in [-0.39, 0.29) is 12.6 Å². The minimum atomic E-state index is 0.0455. The number of aliphatic hydroxyl groups excluding tert-OH is 1. The van der Waals surface area contributed by atoms with Gasteiger partial charge in [0.05, 0.1) is 6.61 Å². The van der Waals surface area contributed by atoms with Crippen molar-refractivity contribution in [2.45, 2.75) is 26.0 Å². The summed E-state index contributed by atoms with van der Waals surface area (Å²) in [6.45, 7) is 2.11. The monoisotopic (exact) mass is 257 g/mol. The highest BCUT2D eigenvalue weighted by Gasteiger charge is 2.03. The van der Waals surface area contributed by atoms with E-state index in [2.05, 4.69) is 6.92 Å². The number of benzene rings is 2. The van der Waals surface area contributed by atoms with Crippen LogP contribution < -0.4 is 10.5 Å². The minimum Gasteiger partial charge on any atom is -0.457 e. The van der Waals surface area contributed by atoms with Crippen LogP contribution in [0.1, 0.15) is 30.5 Å². The van der Waals surface area contributed by atoms with Crippen molar-refractivity contribution in [3.8, 4) is 11.5 Å². The number of hydrogen-bond donors (Lipinski definition) is 2. The average Bonchev–Trinajstić information content (AvgIpc) is 2.48. The topological polar surface area (TPSA) is 55.5 Å². The molecule has 3 nitrogen and oxygen atoms in total. The van der Waals surface area contributed by atoms with E-state index in [9.17, 15) is 0 Å². The Kier molecular flexibility index (Phi) is 4.55. The second-order valence-corrected chi connectivity index (χ2v) is 4.49. The fourth-order valence-corrected chi connectivity index (χ4v) is 1.82. The van der Waals surface area contributed by atoms with Gasteiger partial charge in [0.1, 0.15) is 11.5 Å². The third kappa shape index (κ3) is 3.56. The molecule has 0 heterocycles. The van der Waals surface area contributed by atoms with Crippen LogP contribution >= 0.6 is 0 Å². The van der Waals surface area contributed by atoms with Crippen molar-refractivity contribution in [1.82, 2.24) is 0 Å². The predicted octanol–water partition coefficient (Wildman–Crippen LogP) is 3.38. The SMILES string of the molecule is CCC(N)c1ccc(Oc2ccc(CO)cc2)cc1. The lowest BCUT2D eigenvalue weighted by atomic mass is 10.1. The Balaban J connectivity index is 2.06. The molecule has 0 saturated carbocycles. The molecule has 0 radical (unpaired) electrons. The lowest BCUT2D eigenvalue weighted by Gasteiger charge is -2.10. The third-order valence-electron chi connectivity index (χ3n) is 3.09. The van der Waals surface area contributed by atoms with Crippen LogP contribution in [0.25, 0.3) is 0 Å². The van der Waals surface area contributed by atoms with E-state index in [0.29, 0.717) is 0 Å². The second-order valence-electron chi connectivity index (χ2n) is 4.49. The first-order valence-electron chi connectivity index (χ1n) is 6.46. The standard InChI is InChI=1S/C16H19NO2/c1-2-16(17)13-5-9-15(10-6-13)19-14-7-3-12(11-18)4-8-14/h3-10,16,18H,2,11,17H2,1H3. The van der Waals surface area contributed by atoms with Gasteiger partial charge in [0.2, 0.25) is 0 Å². The molecule has 1 atom stereocenters. The lowest BCUT2D eigenvalue weighted by molar-refractivity contribution is 0.281. The van der Waals surface area contributed by atoms with Gasteiger partial charge in [0, 0.05) is 6.04 Å². The fourth-order valence-electron chi connectivity index (χ4n) is 1.82. The summed E-state index contributed by atoms with van der Waals surface area (Å²) in [4.78, 5) is 0. The Hall–Kier alpha value is -1.84. The zero-order valence-electron chi connectivity index (χ0n) is 11.0. The molecule has 3 heteroatoms. The minimum absolute atomic E-state index is 0.0455. The van der Waals surface area contributed by atoms with Gasteiger partial charge in [-0.25, -0.2) is 0 Å². The van der Waals surface area contributed by atoms with Gasteiger partial charge < -0.3 is 15.6 Å². The molecule has 100 valence electrons. The molecule has 0 aromatic heterocycles. The lowest BCUT2D eigenvalue weighted by Crippen LogP contribution is -2.07. The molecule has 0 aliphatic heterocycles. The van der Waals surface area contributed by atoms with E-state index >= 15 is 0 Å². The Bertz CT molecular complexity index is 505. The molecular formula is C16H19NO2. The van der Waals surface area contributed by atoms with Gasteiger partial charge in [-0.2, -0.15) is 0 Å². The van der Waals surface area contributed by atoms with Gasteiger partial charge in [0.25, 0.3) is 0 Å². The first-order chi connectivity index (χ1) is 9.22. The highest BCUT2D eigenvalue weighted by Crippen LogP contribution is 2.24. The van der Waals surface area contributed by atoms with Gasteiger partial charge in [-0.3, -0.25) is 0 Å². The molecule has 0 bridgehead atoms. The molecule has 2 aromatic carbocycles. The van der Waals surface area contributed by atoms with Gasteiger partial charge in [-0.15, -0.1) is 0 Å². The maximum absolute atomic E-state index is 8.97. The molecule has 2 rings (SSSR count). The van der Waals surface area contributed by atoms with Crippen LogP contribution in [-0.4, -0.2) is 5.11 Å². The summed E-state index contributed by atoms with van der Waals surface area (Å²) in [6.07, 6.45) is 0.919. The third-order valence-corrected chi connectivity index (χ3v) is 3.09. The van der Waals surface area contributed by atoms with Crippen molar-refractivity contribution in [1.29, 1.82) is 0 Å². The molecule has 3 N–H and O–H groups in total. The molecule has 0 aliphatic carbocycles. The smallest absolute Gasteiger partial charge is 0.127 e. The first-order valence-corrected chi connectivity index (χ1v) is 6.46. The fraction of sp³-hybridized carbons (Fsp3) is 0.250. The Morgan fingerprint density at radius 1 is 1.00 bits per heavy atom. The summed E-state index contributed by atoms with van der Waals surface area (Å²) in [5.41, 5.74) is 7.95. The van der Waals surface area contributed by atoms with Crippen LogP contribution in [0.4, 0.5) is 0 Å². The summed E-state index contributed by atoms with van der Waals surface area (Å²) in [5, 5.41) is 8.97. The van der Waals surface area contributed by atoms with Crippen molar-refractivity contribution < 1.29 is 9.84 Å². The summed E-state index contributed by atoms with van der Waals surface area (Å²) in [7, 11) is 0. The van der Waals surface area contributed by atoms with Gasteiger partial charge in [0.15, 0.2) is 0 Å². The van der Waals surface area contributed by atoms with E-state index in [1.807, 2.05) is 48.5 Å². The van der Waals surface area contributed by atoms with E-state index in [0.717, 1.165) is 29.0 Å². The zero-order valence-corrected chi connectivity index (χ0v) is 11.0. The quantitative estimate of drug-likeness (QED) is 0.863. The molecule has 0 saturated heterocycles. The van der Waals surface area contributed by atoms with Crippen molar-refractivity contribution in [2.24, 2.45) is 5.73 Å². The average molecular weight is 257 g/mol. The van der Waals surface area contributed by atoms with Crippen LogP contribution in [-0.2, 0) is 6.61 Å². The van der Waals surface area contributed by atoms with Gasteiger partial charge in [-0.05, 0) is 41.8 Å². The van der Waals surface area contributed by atoms with Crippen LogP contribution in [0, 0.1) is 0 Å². The maximum Gasteiger partial charge on any atom is 0.127 e. The zero-order chi connectivity index (χ0) is 13.7. The number of hydrogen-bond acceptors (Lipinski definition) is 3. The van der Waals surface area contributed by atoms with Crippen molar-refractivity contribution in [3.63, 3.8) is 0 Å². The Labute approximate surface area is 113 Å². The van der Waals surface area contributed by atoms with E-state index < -0.39 is 0 Å². The summed E-state index contributed by atoms with van der Waals surface area (Å²) < 4.78 is 5.72. The molecule has 19 heavy (non-hydrogen) atoms. The molecule has 0 fully saturated rings. The second kappa shape index (κ2) is 6.36. The molecule has 1 unspecified atom stereocenters. The van der Waals surface area contributed by atoms with E-state index in [1.54, 1.807) is 0 Å². The summed E-state index contributed by atoms with van der Waals surface area (Å²) in [5.74, 6) is 1.54. The number of ether oxygens (including phenoxy) is 1. The molecule has 0 aliphatic rings. The Morgan fingerprint density at radius 3 is 2.00 bits per heavy atom. The van der Waals surface area contributed by atoms with Crippen LogP contribution in [0.5, 0.6) is 11.5 Å². The van der Waals surface area contributed by atoms with Gasteiger partial charge in [-0.1, -0.05) is 31.2 Å². The predicted molar refractivity (Wildman–Crippen MR) is 76.1 cm³/mol. The van der Waals surface area contributed by atoms with Crippen molar-refractivity contribution in [2.75, 3.05) is 0 Å². The number of rotatable bonds is 5. The molecular weight excluding hydrogens is 238 g/mol. The number of aliphatic hydroxyl groups is 1. The van der Waals surface area contributed by atoms with Crippen LogP contribution in [0.15, 0.2) is 48.5 Å². The largest absolute Gasteiger partial charge is 0.457 e. The molecule has 2 aromatic rings. The maximum atomic E-state index is 8.97. The highest BCUT2D eigenvalue weighted by atomic mass is 16.5. The van der Waals surface area contributed by atoms with E-state index in [4.69, 9.17) is 15.6 Å². The summed E-state index contributed by atoms with van der Waals surface area (Å²) >= 11 is 0. The van der Waals surface area contributed by atoms with Crippen LogP contribution in [0.2, 0.25) is 0 Å². The summed E-state index contributed by atoms with van der Waals surface area (Å²) in [6, 6.07) is 15.3. The number of nitrogens with two attached hydrogens (primary N) is 1. The Morgan fingerprint density at radius 2 is 1.53 bits per heavy atom. The van der Waals surface area contributed by atoms with Gasteiger partial charge >= 0.3 is 0 Å². The van der Waals surface area contributed by atoms with Crippen molar-refractivity contribution in [3.05, 3.63) is 59.7 Å².